The van der Waals surface area contributed by atoms with Crippen molar-refractivity contribution in [3.63, 3.8) is 0 Å². The Morgan fingerprint density at radius 2 is 2.13 bits per heavy atom. The molecule has 1 heterocycles. The highest BCUT2D eigenvalue weighted by molar-refractivity contribution is 9.10. The fraction of sp³-hybridized carbons (Fsp3) is 0.333. The van der Waals surface area contributed by atoms with Crippen molar-refractivity contribution in [1.82, 2.24) is 4.98 Å². The molecule has 0 N–H and O–H groups in total. The minimum Gasteiger partial charge on any atom is -0.492 e. The third-order valence-electron chi connectivity index (χ3n) is 3.02. The van der Waals surface area contributed by atoms with Gasteiger partial charge in [-0.15, -0.1) is 0 Å². The summed E-state index contributed by atoms with van der Waals surface area (Å²) in [6.07, 6.45) is 0. The number of nitro groups is 1. The largest absolute Gasteiger partial charge is 0.492 e. The Labute approximate surface area is 140 Å². The first-order valence-electron chi connectivity index (χ1n) is 6.84. The van der Waals surface area contributed by atoms with Gasteiger partial charge in [-0.3, -0.25) is 10.1 Å². The molecule has 122 valence electrons. The zero-order valence-electron chi connectivity index (χ0n) is 12.8. The van der Waals surface area contributed by atoms with E-state index in [1.54, 1.807) is 6.07 Å². The van der Waals surface area contributed by atoms with Crippen molar-refractivity contribution < 1.29 is 19.2 Å². The van der Waals surface area contributed by atoms with Gasteiger partial charge in [-0.1, -0.05) is 13.8 Å². The lowest BCUT2D eigenvalue weighted by atomic mass is 10.1. The maximum atomic E-state index is 11.8. The van der Waals surface area contributed by atoms with Gasteiger partial charge in [0.2, 0.25) is 0 Å². The van der Waals surface area contributed by atoms with Crippen LogP contribution in [0.5, 0.6) is 5.75 Å². The van der Waals surface area contributed by atoms with Gasteiger partial charge in [0.25, 0.3) is 5.69 Å². The number of ether oxygens (including phenoxy) is 2. The van der Waals surface area contributed by atoms with Crippen LogP contribution >= 0.6 is 15.9 Å². The molecule has 0 radical (unpaired) electrons. The molecule has 8 heteroatoms. The molecule has 1 aromatic carbocycles. The number of pyridine rings is 1. The zero-order valence-corrected chi connectivity index (χ0v) is 14.4. The SMILES string of the molecule is COC(=O)c1cc(OCC(C)C)c2c(Br)ccc([N+](=O)[O-])c2n1. The molecule has 0 bridgehead atoms. The normalized spacial score (nSPS) is 10.8. The Kier molecular flexibility index (Phi) is 5.15. The van der Waals surface area contributed by atoms with E-state index in [4.69, 9.17) is 4.74 Å². The van der Waals surface area contributed by atoms with Gasteiger partial charge >= 0.3 is 5.97 Å². The lowest BCUT2D eigenvalue weighted by molar-refractivity contribution is -0.383. The van der Waals surface area contributed by atoms with Gasteiger partial charge in [0.1, 0.15) is 5.75 Å². The topological polar surface area (TPSA) is 91.6 Å². The summed E-state index contributed by atoms with van der Waals surface area (Å²) in [7, 11) is 1.22. The Morgan fingerprint density at radius 3 is 2.70 bits per heavy atom. The summed E-state index contributed by atoms with van der Waals surface area (Å²) in [5.41, 5.74) is -0.172. The summed E-state index contributed by atoms with van der Waals surface area (Å²) >= 11 is 3.36. The molecule has 0 saturated carbocycles. The van der Waals surface area contributed by atoms with Gasteiger partial charge in [-0.2, -0.15) is 0 Å². The highest BCUT2D eigenvalue weighted by Crippen LogP contribution is 2.37. The van der Waals surface area contributed by atoms with Crippen molar-refractivity contribution >= 4 is 38.5 Å². The summed E-state index contributed by atoms with van der Waals surface area (Å²) < 4.78 is 11.0. The maximum absolute atomic E-state index is 11.8. The summed E-state index contributed by atoms with van der Waals surface area (Å²) in [6.45, 7) is 4.35. The van der Waals surface area contributed by atoms with Crippen LogP contribution in [0.15, 0.2) is 22.7 Å². The van der Waals surface area contributed by atoms with E-state index in [1.165, 1.54) is 19.2 Å². The standard InChI is InChI=1S/C15H15BrN2O5/c1-8(2)7-23-12-6-10(15(19)22-3)17-14-11(18(20)21)5-4-9(16)13(12)14/h4-6,8H,7H2,1-3H3. The zero-order chi connectivity index (χ0) is 17.1. The fourth-order valence-corrected chi connectivity index (χ4v) is 2.49. The molecular weight excluding hydrogens is 368 g/mol. The summed E-state index contributed by atoms with van der Waals surface area (Å²) in [5, 5.41) is 11.7. The van der Waals surface area contributed by atoms with Crippen LogP contribution in [0.2, 0.25) is 0 Å². The smallest absolute Gasteiger partial charge is 0.356 e. The lowest BCUT2D eigenvalue weighted by Crippen LogP contribution is -2.09. The highest BCUT2D eigenvalue weighted by atomic mass is 79.9. The van der Waals surface area contributed by atoms with E-state index < -0.39 is 10.9 Å². The predicted molar refractivity (Wildman–Crippen MR) is 87.8 cm³/mol. The van der Waals surface area contributed by atoms with E-state index in [-0.39, 0.29) is 22.8 Å². The summed E-state index contributed by atoms with van der Waals surface area (Å²) in [4.78, 5) is 26.6. The fourth-order valence-electron chi connectivity index (χ4n) is 1.98. The maximum Gasteiger partial charge on any atom is 0.356 e. The number of methoxy groups -OCH3 is 1. The molecule has 0 fully saturated rings. The van der Waals surface area contributed by atoms with E-state index in [2.05, 4.69) is 25.7 Å². The van der Waals surface area contributed by atoms with E-state index in [1.807, 2.05) is 13.8 Å². The molecule has 2 rings (SSSR count). The number of benzene rings is 1. The second kappa shape index (κ2) is 6.91. The molecule has 0 spiro atoms. The highest BCUT2D eigenvalue weighted by Gasteiger charge is 2.22. The first kappa shape index (κ1) is 17.1. The molecule has 0 amide bonds. The average Bonchev–Trinajstić information content (AvgIpc) is 2.51. The third-order valence-corrected chi connectivity index (χ3v) is 3.68. The van der Waals surface area contributed by atoms with Crippen LogP contribution in [0, 0.1) is 16.0 Å². The summed E-state index contributed by atoms with van der Waals surface area (Å²) in [6, 6.07) is 4.32. The number of fused-ring (bicyclic) bond motifs is 1. The first-order chi connectivity index (χ1) is 10.8. The number of nitrogens with zero attached hydrogens (tertiary/aromatic N) is 2. The third kappa shape index (κ3) is 3.58. The Bertz CT molecular complexity index is 776. The number of hydrogen-bond donors (Lipinski definition) is 0. The minimum atomic E-state index is -0.685. The van der Waals surface area contributed by atoms with Crippen LogP contribution in [0.4, 0.5) is 5.69 Å². The van der Waals surface area contributed by atoms with Crippen LogP contribution < -0.4 is 4.74 Å². The number of carbonyl (C=O) groups is 1. The molecule has 0 aliphatic heterocycles. The molecule has 2 aromatic rings. The number of non-ortho nitro benzene ring substituents is 1. The van der Waals surface area contributed by atoms with Gasteiger partial charge < -0.3 is 9.47 Å². The van der Waals surface area contributed by atoms with E-state index in [0.29, 0.717) is 22.2 Å². The van der Waals surface area contributed by atoms with Crippen LogP contribution in [0.1, 0.15) is 24.3 Å². The number of aromatic nitrogens is 1. The van der Waals surface area contributed by atoms with Crippen molar-refractivity contribution in [2.45, 2.75) is 13.8 Å². The minimum absolute atomic E-state index is 0.0417. The van der Waals surface area contributed by atoms with Crippen LogP contribution in [-0.4, -0.2) is 29.6 Å². The van der Waals surface area contributed by atoms with Crippen LogP contribution in [-0.2, 0) is 4.74 Å². The Balaban J connectivity index is 2.76. The monoisotopic (exact) mass is 382 g/mol. The van der Waals surface area contributed by atoms with E-state index >= 15 is 0 Å². The number of rotatable bonds is 5. The molecule has 0 aliphatic carbocycles. The molecule has 23 heavy (non-hydrogen) atoms. The second-order valence-electron chi connectivity index (χ2n) is 5.25. The molecule has 7 nitrogen and oxygen atoms in total. The van der Waals surface area contributed by atoms with Crippen molar-refractivity contribution in [2.75, 3.05) is 13.7 Å². The molecule has 1 aromatic heterocycles. The van der Waals surface area contributed by atoms with Gasteiger partial charge in [-0.05, 0) is 27.9 Å². The molecule has 0 atom stereocenters. The molecule has 0 saturated heterocycles. The van der Waals surface area contributed by atoms with Gasteiger partial charge in [0.05, 0.1) is 24.0 Å². The van der Waals surface area contributed by atoms with Gasteiger partial charge in [0.15, 0.2) is 11.2 Å². The number of hydrogen-bond acceptors (Lipinski definition) is 6. The number of carbonyl (C=O) groups excluding carboxylic acids is 1. The van der Waals surface area contributed by atoms with Crippen LogP contribution in [0.3, 0.4) is 0 Å². The molecular formula is C15H15BrN2O5. The van der Waals surface area contributed by atoms with E-state index in [9.17, 15) is 14.9 Å². The second-order valence-corrected chi connectivity index (χ2v) is 6.10. The first-order valence-corrected chi connectivity index (χ1v) is 7.63. The summed E-state index contributed by atoms with van der Waals surface area (Å²) in [5.74, 6) is -0.0903. The number of halogens is 1. The van der Waals surface area contributed by atoms with Crippen LogP contribution in [0.25, 0.3) is 10.9 Å². The number of nitro benzene ring substituents is 1. The average molecular weight is 383 g/mol. The molecule has 0 aliphatic rings. The van der Waals surface area contributed by atoms with Gasteiger partial charge in [0, 0.05) is 16.6 Å². The lowest BCUT2D eigenvalue weighted by Gasteiger charge is -2.13. The van der Waals surface area contributed by atoms with E-state index in [0.717, 1.165) is 0 Å². The van der Waals surface area contributed by atoms with Crippen molar-refractivity contribution in [3.05, 3.63) is 38.5 Å². The predicted octanol–water partition coefficient (Wildman–Crippen LogP) is 3.73. The quantitative estimate of drug-likeness (QED) is 0.444. The number of esters is 1. The Morgan fingerprint density at radius 1 is 1.43 bits per heavy atom. The van der Waals surface area contributed by atoms with Gasteiger partial charge in [-0.25, -0.2) is 9.78 Å². The van der Waals surface area contributed by atoms with Crippen molar-refractivity contribution in [2.24, 2.45) is 5.92 Å². The van der Waals surface area contributed by atoms with Crippen molar-refractivity contribution in [1.29, 1.82) is 0 Å². The Hall–Kier alpha value is -2.22. The molecule has 0 unspecified atom stereocenters. The van der Waals surface area contributed by atoms with Crippen molar-refractivity contribution in [3.8, 4) is 5.75 Å².